The van der Waals surface area contributed by atoms with E-state index in [0.717, 1.165) is 19.6 Å². The van der Waals surface area contributed by atoms with Crippen molar-refractivity contribution in [3.8, 4) is 0 Å². The van der Waals surface area contributed by atoms with Crippen LogP contribution in [0.1, 0.15) is 19.3 Å². The van der Waals surface area contributed by atoms with E-state index in [-0.39, 0.29) is 4.90 Å². The number of ether oxygens (including phenoxy) is 1. The lowest BCUT2D eigenvalue weighted by atomic mass is 10.4. The molecule has 1 heterocycles. The van der Waals surface area contributed by atoms with Crippen LogP contribution in [0.3, 0.4) is 0 Å². The van der Waals surface area contributed by atoms with Gasteiger partial charge in [0.2, 0.25) is 10.0 Å². The lowest BCUT2D eigenvalue weighted by molar-refractivity contribution is 0.129. The van der Waals surface area contributed by atoms with Crippen LogP contribution in [0, 0.1) is 5.92 Å². The van der Waals surface area contributed by atoms with Crippen molar-refractivity contribution in [3.63, 3.8) is 0 Å². The van der Waals surface area contributed by atoms with Crippen LogP contribution in [-0.2, 0) is 21.3 Å². The van der Waals surface area contributed by atoms with Gasteiger partial charge >= 0.3 is 0 Å². The Morgan fingerprint density at radius 3 is 2.95 bits per heavy atom. The van der Waals surface area contributed by atoms with Gasteiger partial charge in [-0.15, -0.1) is 0 Å². The van der Waals surface area contributed by atoms with Crippen LogP contribution in [0.5, 0.6) is 0 Å². The summed E-state index contributed by atoms with van der Waals surface area (Å²) in [7, 11) is -1.60. The number of aromatic nitrogens is 2. The third-order valence-corrected chi connectivity index (χ3v) is 4.74. The molecule has 0 spiro atoms. The monoisotopic (exact) mass is 316 g/mol. The van der Waals surface area contributed by atoms with Crippen molar-refractivity contribution in [1.29, 1.82) is 0 Å². The summed E-state index contributed by atoms with van der Waals surface area (Å²) in [5.41, 5.74) is 0. The molecule has 0 amide bonds. The molecule has 7 nitrogen and oxygen atoms in total. The molecule has 0 aliphatic heterocycles. The fraction of sp³-hybridized carbons (Fsp3) is 0.769. The molecule has 0 radical (unpaired) electrons. The van der Waals surface area contributed by atoms with Crippen LogP contribution in [0.4, 0.5) is 0 Å². The Morgan fingerprint density at radius 2 is 2.24 bits per heavy atom. The molecule has 1 aliphatic carbocycles. The summed E-state index contributed by atoms with van der Waals surface area (Å²) >= 11 is 0. The van der Waals surface area contributed by atoms with Gasteiger partial charge in [0.15, 0.2) is 0 Å². The Morgan fingerprint density at radius 1 is 1.43 bits per heavy atom. The van der Waals surface area contributed by atoms with Gasteiger partial charge in [-0.25, -0.2) is 13.1 Å². The Labute approximate surface area is 126 Å². The molecule has 120 valence electrons. The van der Waals surface area contributed by atoms with Crippen LogP contribution in [0.25, 0.3) is 0 Å². The van der Waals surface area contributed by atoms with Crippen molar-refractivity contribution in [1.82, 2.24) is 19.8 Å². The minimum Gasteiger partial charge on any atom is -0.380 e. The fourth-order valence-corrected chi connectivity index (χ4v) is 2.85. The minimum atomic E-state index is -3.48. The van der Waals surface area contributed by atoms with Gasteiger partial charge in [-0.05, 0) is 38.8 Å². The van der Waals surface area contributed by atoms with Crippen LogP contribution in [0.15, 0.2) is 17.3 Å². The first kappa shape index (κ1) is 16.4. The molecule has 1 aliphatic rings. The average Bonchev–Trinajstić information content (AvgIpc) is 3.14. The smallest absolute Gasteiger partial charge is 0.243 e. The molecule has 0 saturated heterocycles. The van der Waals surface area contributed by atoms with E-state index in [1.165, 1.54) is 19.0 Å². The van der Waals surface area contributed by atoms with Gasteiger partial charge < -0.3 is 10.1 Å². The van der Waals surface area contributed by atoms with E-state index in [9.17, 15) is 8.42 Å². The molecular formula is C13H24N4O3S. The van der Waals surface area contributed by atoms with Gasteiger partial charge in [-0.2, -0.15) is 5.10 Å². The Bertz CT molecular complexity index is 525. The van der Waals surface area contributed by atoms with Crippen LogP contribution < -0.4 is 10.0 Å². The summed E-state index contributed by atoms with van der Waals surface area (Å²) < 4.78 is 33.7. The second kappa shape index (κ2) is 7.88. The van der Waals surface area contributed by atoms with Gasteiger partial charge in [0, 0.05) is 25.9 Å². The van der Waals surface area contributed by atoms with E-state index in [1.54, 1.807) is 10.9 Å². The number of rotatable bonds is 11. The van der Waals surface area contributed by atoms with Crippen molar-refractivity contribution in [2.75, 3.05) is 33.4 Å². The van der Waals surface area contributed by atoms with Gasteiger partial charge in [0.05, 0.1) is 12.8 Å². The summed E-state index contributed by atoms with van der Waals surface area (Å²) in [5.74, 6) is 0.692. The van der Waals surface area contributed by atoms with Crippen molar-refractivity contribution < 1.29 is 13.2 Å². The fourth-order valence-electron chi connectivity index (χ4n) is 1.89. The van der Waals surface area contributed by atoms with Crippen molar-refractivity contribution in [3.05, 3.63) is 12.4 Å². The lowest BCUT2D eigenvalue weighted by Crippen LogP contribution is -2.27. The Balaban J connectivity index is 1.72. The van der Waals surface area contributed by atoms with E-state index in [1.807, 2.05) is 7.05 Å². The Kier molecular flexibility index (Phi) is 6.16. The molecule has 21 heavy (non-hydrogen) atoms. The highest BCUT2D eigenvalue weighted by atomic mass is 32.2. The van der Waals surface area contributed by atoms with Gasteiger partial charge in [-0.3, -0.25) is 4.68 Å². The summed E-state index contributed by atoms with van der Waals surface area (Å²) in [6.07, 6.45) is 6.31. The first-order valence-electron chi connectivity index (χ1n) is 7.36. The largest absolute Gasteiger partial charge is 0.380 e. The number of nitrogens with zero attached hydrogens (tertiary/aromatic N) is 2. The van der Waals surface area contributed by atoms with Crippen molar-refractivity contribution in [2.24, 2.45) is 5.92 Å². The number of hydrogen-bond donors (Lipinski definition) is 2. The standard InChI is InChI=1S/C13H24N4O3S/c1-14-5-2-7-17-10-13(9-15-17)21(18,19)16-6-8-20-11-12-3-4-12/h9-10,12,14,16H,2-8,11H2,1H3. The molecule has 1 saturated carbocycles. The SMILES string of the molecule is CNCCCn1cc(S(=O)(=O)NCCOCC2CC2)cn1. The summed E-state index contributed by atoms with van der Waals surface area (Å²) in [6, 6.07) is 0. The normalized spacial score (nSPS) is 15.5. The highest BCUT2D eigenvalue weighted by Crippen LogP contribution is 2.28. The summed E-state index contributed by atoms with van der Waals surface area (Å²) in [6.45, 7) is 3.01. The molecule has 2 rings (SSSR count). The second-order valence-electron chi connectivity index (χ2n) is 5.31. The first-order chi connectivity index (χ1) is 10.1. The number of nitrogens with one attached hydrogen (secondary N) is 2. The van der Waals surface area contributed by atoms with E-state index in [2.05, 4.69) is 15.1 Å². The zero-order chi connectivity index (χ0) is 15.1. The number of aryl methyl sites for hydroxylation is 1. The highest BCUT2D eigenvalue weighted by molar-refractivity contribution is 7.89. The van der Waals surface area contributed by atoms with E-state index in [4.69, 9.17) is 4.74 Å². The van der Waals surface area contributed by atoms with Crippen molar-refractivity contribution >= 4 is 10.0 Å². The third-order valence-electron chi connectivity index (χ3n) is 3.32. The highest BCUT2D eigenvalue weighted by Gasteiger charge is 2.21. The maximum absolute atomic E-state index is 12.1. The van der Waals surface area contributed by atoms with Crippen molar-refractivity contribution in [2.45, 2.75) is 30.7 Å². The molecule has 0 bridgehead atoms. The summed E-state index contributed by atoms with van der Waals surface area (Å²) in [5, 5.41) is 7.11. The maximum Gasteiger partial charge on any atom is 0.243 e. The quantitative estimate of drug-likeness (QED) is 0.570. The predicted octanol–water partition coefficient (Wildman–Crippen LogP) is 0.198. The number of hydrogen-bond acceptors (Lipinski definition) is 5. The van der Waals surface area contributed by atoms with E-state index < -0.39 is 10.0 Å². The lowest BCUT2D eigenvalue weighted by Gasteiger charge is -2.05. The molecule has 0 atom stereocenters. The first-order valence-corrected chi connectivity index (χ1v) is 8.84. The maximum atomic E-state index is 12.1. The van der Waals surface area contributed by atoms with Gasteiger partial charge in [0.25, 0.3) is 0 Å². The minimum absolute atomic E-state index is 0.203. The molecule has 0 unspecified atom stereocenters. The van der Waals surface area contributed by atoms with E-state index >= 15 is 0 Å². The molecule has 8 heteroatoms. The molecule has 1 aromatic rings. The molecule has 1 fully saturated rings. The number of sulfonamides is 1. The Hall–Kier alpha value is -0.960. The second-order valence-corrected chi connectivity index (χ2v) is 7.08. The average molecular weight is 316 g/mol. The van der Waals surface area contributed by atoms with Crippen LogP contribution in [0.2, 0.25) is 0 Å². The molecule has 2 N–H and O–H groups in total. The van der Waals surface area contributed by atoms with Gasteiger partial charge in [-0.1, -0.05) is 0 Å². The molecule has 1 aromatic heterocycles. The zero-order valence-electron chi connectivity index (χ0n) is 12.4. The molecular weight excluding hydrogens is 292 g/mol. The van der Waals surface area contributed by atoms with Gasteiger partial charge in [0.1, 0.15) is 4.90 Å². The van der Waals surface area contributed by atoms with Crippen LogP contribution in [-0.4, -0.2) is 51.5 Å². The predicted molar refractivity (Wildman–Crippen MR) is 79.5 cm³/mol. The van der Waals surface area contributed by atoms with Crippen LogP contribution >= 0.6 is 0 Å². The molecule has 0 aromatic carbocycles. The van der Waals surface area contributed by atoms with E-state index in [0.29, 0.717) is 25.6 Å². The summed E-state index contributed by atoms with van der Waals surface area (Å²) in [4.78, 5) is 0.203. The zero-order valence-corrected chi connectivity index (χ0v) is 13.2. The topological polar surface area (TPSA) is 85.2 Å². The third kappa shape index (κ3) is 5.74.